The molecule has 3 heterocycles. The zero-order chi connectivity index (χ0) is 14.1. The lowest BCUT2D eigenvalue weighted by Gasteiger charge is -2.15. The number of nitrogens with one attached hydrogen (secondary N) is 2. The van der Waals surface area contributed by atoms with E-state index in [1.807, 2.05) is 6.92 Å². The highest BCUT2D eigenvalue weighted by Gasteiger charge is 2.30. The maximum atomic E-state index is 12.3. The van der Waals surface area contributed by atoms with E-state index in [4.69, 9.17) is 0 Å². The molecule has 3 rings (SSSR count). The molecule has 1 atom stereocenters. The molecular weight excluding hydrogens is 258 g/mol. The fourth-order valence-electron chi connectivity index (χ4n) is 2.58. The number of amides is 1. The van der Waals surface area contributed by atoms with Gasteiger partial charge in [-0.15, -0.1) is 0 Å². The van der Waals surface area contributed by atoms with Gasteiger partial charge in [-0.1, -0.05) is 0 Å². The standard InChI is InChI=1S/C13H15N5O2/c1-8-6-14-17-12(8)9-4-5-18(7-9)13(20)10-2-3-11(19)16-15-10/h2-3,6,9H,4-5,7H2,1H3,(H,14,17)(H,16,19)/t9-/m0/s1. The van der Waals surface area contributed by atoms with E-state index in [2.05, 4.69) is 20.4 Å². The van der Waals surface area contributed by atoms with Crippen molar-refractivity contribution >= 4 is 5.91 Å². The number of aromatic amines is 2. The molecule has 1 aliphatic rings. The molecule has 20 heavy (non-hydrogen) atoms. The van der Waals surface area contributed by atoms with Crippen LogP contribution in [0, 0.1) is 6.92 Å². The summed E-state index contributed by atoms with van der Waals surface area (Å²) in [5, 5.41) is 13.1. The molecule has 0 aromatic carbocycles. The number of rotatable bonds is 2. The van der Waals surface area contributed by atoms with Crippen LogP contribution in [-0.4, -0.2) is 44.3 Å². The Kier molecular flexibility index (Phi) is 3.09. The highest BCUT2D eigenvalue weighted by Crippen LogP contribution is 2.28. The molecule has 0 bridgehead atoms. The summed E-state index contributed by atoms with van der Waals surface area (Å²) in [5.74, 6) is 0.130. The molecule has 0 spiro atoms. The van der Waals surface area contributed by atoms with E-state index in [1.54, 1.807) is 11.1 Å². The molecule has 1 fully saturated rings. The average molecular weight is 273 g/mol. The minimum absolute atomic E-state index is 0.152. The van der Waals surface area contributed by atoms with Crippen molar-refractivity contribution in [2.75, 3.05) is 13.1 Å². The third-order valence-electron chi connectivity index (χ3n) is 3.65. The molecule has 0 radical (unpaired) electrons. The number of H-pyrrole nitrogens is 2. The first-order chi connectivity index (χ1) is 9.65. The molecule has 7 heteroatoms. The summed E-state index contributed by atoms with van der Waals surface area (Å²) in [4.78, 5) is 25.0. The second-order valence-electron chi connectivity index (χ2n) is 5.01. The Morgan fingerprint density at radius 3 is 2.90 bits per heavy atom. The average Bonchev–Trinajstić information content (AvgIpc) is 3.07. The van der Waals surface area contributed by atoms with Gasteiger partial charge in [-0.3, -0.25) is 14.7 Å². The number of carbonyl (C=O) groups is 1. The zero-order valence-electron chi connectivity index (χ0n) is 11.1. The van der Waals surface area contributed by atoms with Crippen LogP contribution in [0.2, 0.25) is 0 Å². The van der Waals surface area contributed by atoms with Gasteiger partial charge in [-0.05, 0) is 25.0 Å². The highest BCUT2D eigenvalue weighted by atomic mass is 16.2. The van der Waals surface area contributed by atoms with Crippen LogP contribution in [0.25, 0.3) is 0 Å². The molecule has 2 aromatic rings. The van der Waals surface area contributed by atoms with E-state index in [0.29, 0.717) is 13.1 Å². The molecule has 7 nitrogen and oxygen atoms in total. The Labute approximate surface area is 115 Å². The van der Waals surface area contributed by atoms with Crippen molar-refractivity contribution in [3.8, 4) is 0 Å². The van der Waals surface area contributed by atoms with Crippen molar-refractivity contribution in [2.45, 2.75) is 19.3 Å². The Morgan fingerprint density at radius 1 is 1.40 bits per heavy atom. The zero-order valence-corrected chi connectivity index (χ0v) is 11.1. The molecule has 2 aromatic heterocycles. The summed E-state index contributed by atoms with van der Waals surface area (Å²) in [6, 6.07) is 2.77. The minimum atomic E-state index is -0.311. The van der Waals surface area contributed by atoms with Crippen molar-refractivity contribution in [3.05, 3.63) is 45.6 Å². The van der Waals surface area contributed by atoms with Gasteiger partial charge in [0.25, 0.3) is 11.5 Å². The highest BCUT2D eigenvalue weighted by molar-refractivity contribution is 5.92. The monoisotopic (exact) mass is 273 g/mol. The molecule has 0 unspecified atom stereocenters. The fourth-order valence-corrected chi connectivity index (χ4v) is 2.58. The number of aromatic nitrogens is 4. The first-order valence-corrected chi connectivity index (χ1v) is 6.50. The molecule has 104 valence electrons. The molecular formula is C13H15N5O2. The first-order valence-electron chi connectivity index (χ1n) is 6.50. The maximum absolute atomic E-state index is 12.3. The minimum Gasteiger partial charge on any atom is -0.337 e. The first kappa shape index (κ1) is 12.6. The lowest BCUT2D eigenvalue weighted by Crippen LogP contribution is -2.30. The van der Waals surface area contributed by atoms with Crippen LogP contribution in [0.1, 0.15) is 34.1 Å². The predicted octanol–water partition coefficient (Wildman–Crippen LogP) is 0.431. The number of hydrogen-bond acceptors (Lipinski definition) is 4. The van der Waals surface area contributed by atoms with Gasteiger partial charge in [0.2, 0.25) is 0 Å². The quantitative estimate of drug-likeness (QED) is 0.829. The van der Waals surface area contributed by atoms with Crippen LogP contribution in [0.4, 0.5) is 0 Å². The van der Waals surface area contributed by atoms with Crippen molar-refractivity contribution in [3.63, 3.8) is 0 Å². The van der Waals surface area contributed by atoms with Crippen molar-refractivity contribution in [2.24, 2.45) is 0 Å². The number of hydrogen-bond donors (Lipinski definition) is 2. The fraction of sp³-hybridized carbons (Fsp3) is 0.385. The van der Waals surface area contributed by atoms with E-state index < -0.39 is 0 Å². The number of carbonyl (C=O) groups excluding carboxylic acids is 1. The van der Waals surface area contributed by atoms with Gasteiger partial charge in [0, 0.05) is 30.8 Å². The van der Waals surface area contributed by atoms with E-state index in [-0.39, 0.29) is 23.1 Å². The summed E-state index contributed by atoms with van der Waals surface area (Å²) in [6.45, 7) is 3.33. The Bertz CT molecular complexity index is 670. The summed E-state index contributed by atoms with van der Waals surface area (Å²) in [7, 11) is 0. The van der Waals surface area contributed by atoms with Gasteiger partial charge in [0.15, 0.2) is 0 Å². The topological polar surface area (TPSA) is 94.7 Å². The number of nitrogens with zero attached hydrogens (tertiary/aromatic N) is 3. The SMILES string of the molecule is Cc1cn[nH]c1[C@H]1CCN(C(=O)c2ccc(=O)[nH]n2)C1. The Morgan fingerprint density at radius 2 is 2.25 bits per heavy atom. The smallest absolute Gasteiger partial charge is 0.274 e. The van der Waals surface area contributed by atoms with E-state index in [0.717, 1.165) is 17.7 Å². The van der Waals surface area contributed by atoms with Crippen LogP contribution in [0.15, 0.2) is 23.1 Å². The van der Waals surface area contributed by atoms with E-state index in [9.17, 15) is 9.59 Å². The van der Waals surface area contributed by atoms with Gasteiger partial charge in [-0.25, -0.2) is 5.10 Å². The molecule has 1 saturated heterocycles. The van der Waals surface area contributed by atoms with Gasteiger partial charge in [0.1, 0.15) is 5.69 Å². The summed E-state index contributed by atoms with van der Waals surface area (Å²) in [5.41, 5.74) is 2.17. The van der Waals surface area contributed by atoms with Crippen molar-refractivity contribution in [1.82, 2.24) is 25.3 Å². The molecule has 1 amide bonds. The maximum Gasteiger partial charge on any atom is 0.274 e. The van der Waals surface area contributed by atoms with Gasteiger partial charge < -0.3 is 4.90 Å². The number of aryl methyl sites for hydroxylation is 1. The molecule has 2 N–H and O–H groups in total. The third kappa shape index (κ3) is 2.22. The van der Waals surface area contributed by atoms with E-state index >= 15 is 0 Å². The summed E-state index contributed by atoms with van der Waals surface area (Å²) >= 11 is 0. The Hall–Kier alpha value is -2.44. The predicted molar refractivity (Wildman–Crippen MR) is 71.4 cm³/mol. The van der Waals surface area contributed by atoms with Crippen LogP contribution >= 0.6 is 0 Å². The lowest BCUT2D eigenvalue weighted by atomic mass is 10.0. The van der Waals surface area contributed by atoms with Crippen LogP contribution in [-0.2, 0) is 0 Å². The second-order valence-corrected chi connectivity index (χ2v) is 5.01. The largest absolute Gasteiger partial charge is 0.337 e. The van der Waals surface area contributed by atoms with E-state index in [1.165, 1.54) is 12.1 Å². The molecule has 1 aliphatic heterocycles. The number of likely N-dealkylation sites (tertiary alicyclic amines) is 1. The third-order valence-corrected chi connectivity index (χ3v) is 3.65. The lowest BCUT2D eigenvalue weighted by molar-refractivity contribution is 0.0783. The van der Waals surface area contributed by atoms with Crippen molar-refractivity contribution < 1.29 is 4.79 Å². The van der Waals surface area contributed by atoms with Crippen LogP contribution < -0.4 is 5.56 Å². The second kappa shape index (κ2) is 4.92. The van der Waals surface area contributed by atoms with Crippen LogP contribution in [0.5, 0.6) is 0 Å². The van der Waals surface area contributed by atoms with Gasteiger partial charge in [0.05, 0.1) is 6.20 Å². The summed E-state index contributed by atoms with van der Waals surface area (Å²) < 4.78 is 0. The normalized spacial score (nSPS) is 18.4. The summed E-state index contributed by atoms with van der Waals surface area (Å²) in [6.07, 6.45) is 2.70. The molecule has 0 aliphatic carbocycles. The van der Waals surface area contributed by atoms with Crippen molar-refractivity contribution in [1.29, 1.82) is 0 Å². The Balaban J connectivity index is 1.74. The van der Waals surface area contributed by atoms with Crippen LogP contribution in [0.3, 0.4) is 0 Å². The van der Waals surface area contributed by atoms with Gasteiger partial charge >= 0.3 is 0 Å². The molecule has 0 saturated carbocycles. The van der Waals surface area contributed by atoms with Gasteiger partial charge in [-0.2, -0.15) is 10.2 Å².